The van der Waals surface area contributed by atoms with E-state index < -0.39 is 5.91 Å². The molecule has 6 heteroatoms. The summed E-state index contributed by atoms with van der Waals surface area (Å²) in [5, 5.41) is 12.8. The summed E-state index contributed by atoms with van der Waals surface area (Å²) in [5.74, 6) is -0.361. The van der Waals surface area contributed by atoms with Gasteiger partial charge in [-0.1, -0.05) is 25.1 Å². The Balaban J connectivity index is 2.21. The lowest BCUT2D eigenvalue weighted by Crippen LogP contribution is -2.26. The Bertz CT molecular complexity index is 609. The molecule has 0 bridgehead atoms. The first-order valence-corrected chi connectivity index (χ1v) is 6.93. The van der Waals surface area contributed by atoms with Gasteiger partial charge in [-0.15, -0.1) is 0 Å². The third-order valence-electron chi connectivity index (χ3n) is 3.28. The molecular formula is C15H20N4O2. The minimum Gasteiger partial charge on any atom is -0.392 e. The second kappa shape index (κ2) is 7.01. The highest BCUT2D eigenvalue weighted by Crippen LogP contribution is 2.16. The minimum absolute atomic E-state index is 0.205. The Labute approximate surface area is 123 Å². The molecule has 112 valence electrons. The van der Waals surface area contributed by atoms with E-state index in [1.54, 1.807) is 17.0 Å². The number of aliphatic hydroxyl groups is 1. The molecule has 1 heterocycles. The SMILES string of the molecule is CCC(O)CNCc1ccccc1-n1ccnc1C(N)=O. The van der Waals surface area contributed by atoms with Crippen LogP contribution in [0.3, 0.4) is 0 Å². The number of nitrogens with one attached hydrogen (secondary N) is 1. The number of primary amides is 1. The van der Waals surface area contributed by atoms with Crippen LogP contribution in [-0.2, 0) is 6.54 Å². The summed E-state index contributed by atoms with van der Waals surface area (Å²) >= 11 is 0. The maximum absolute atomic E-state index is 11.4. The van der Waals surface area contributed by atoms with Crippen LogP contribution in [0.2, 0.25) is 0 Å². The normalized spacial score (nSPS) is 12.3. The van der Waals surface area contributed by atoms with Gasteiger partial charge in [-0.25, -0.2) is 4.98 Å². The molecule has 0 aliphatic rings. The van der Waals surface area contributed by atoms with Crippen molar-refractivity contribution in [1.82, 2.24) is 14.9 Å². The van der Waals surface area contributed by atoms with Crippen LogP contribution in [0.4, 0.5) is 0 Å². The van der Waals surface area contributed by atoms with E-state index in [0.29, 0.717) is 19.5 Å². The van der Waals surface area contributed by atoms with Gasteiger partial charge in [0.2, 0.25) is 5.82 Å². The van der Waals surface area contributed by atoms with E-state index in [1.165, 1.54) is 0 Å². The first-order valence-electron chi connectivity index (χ1n) is 6.93. The van der Waals surface area contributed by atoms with E-state index in [9.17, 15) is 9.90 Å². The van der Waals surface area contributed by atoms with Crippen molar-refractivity contribution >= 4 is 5.91 Å². The van der Waals surface area contributed by atoms with Gasteiger partial charge in [0.15, 0.2) is 0 Å². The molecule has 0 spiro atoms. The summed E-state index contributed by atoms with van der Waals surface area (Å²) in [5.41, 5.74) is 7.18. The average Bonchev–Trinajstić information content (AvgIpc) is 2.97. The average molecular weight is 288 g/mol. The van der Waals surface area contributed by atoms with Crippen LogP contribution in [0, 0.1) is 0 Å². The molecule has 0 fully saturated rings. The van der Waals surface area contributed by atoms with Crippen molar-refractivity contribution in [3.8, 4) is 5.69 Å². The van der Waals surface area contributed by atoms with Crippen LogP contribution >= 0.6 is 0 Å². The number of carbonyl (C=O) groups excluding carboxylic acids is 1. The van der Waals surface area contributed by atoms with Gasteiger partial charge in [-0.3, -0.25) is 9.36 Å². The molecule has 0 aliphatic heterocycles. The Hall–Kier alpha value is -2.18. The fourth-order valence-electron chi connectivity index (χ4n) is 2.09. The zero-order chi connectivity index (χ0) is 15.2. The number of carbonyl (C=O) groups is 1. The zero-order valence-corrected chi connectivity index (χ0v) is 12.0. The number of para-hydroxylation sites is 1. The number of rotatable bonds is 7. The summed E-state index contributed by atoms with van der Waals surface area (Å²) < 4.78 is 1.68. The van der Waals surface area contributed by atoms with Crippen molar-refractivity contribution in [3.63, 3.8) is 0 Å². The number of imidazole rings is 1. The Morgan fingerprint density at radius 1 is 1.48 bits per heavy atom. The predicted molar refractivity (Wildman–Crippen MR) is 80.1 cm³/mol. The monoisotopic (exact) mass is 288 g/mol. The summed E-state index contributed by atoms with van der Waals surface area (Å²) in [7, 11) is 0. The fourth-order valence-corrected chi connectivity index (χ4v) is 2.09. The number of hydrogen-bond donors (Lipinski definition) is 3. The van der Waals surface area contributed by atoms with Gasteiger partial charge in [0.1, 0.15) is 0 Å². The largest absolute Gasteiger partial charge is 0.392 e. The predicted octanol–water partition coefficient (Wildman–Crippen LogP) is 0.832. The van der Waals surface area contributed by atoms with Crippen LogP contribution in [0.5, 0.6) is 0 Å². The zero-order valence-electron chi connectivity index (χ0n) is 12.0. The van der Waals surface area contributed by atoms with Crippen LogP contribution < -0.4 is 11.1 Å². The molecule has 1 atom stereocenters. The highest BCUT2D eigenvalue weighted by atomic mass is 16.3. The number of aromatic nitrogens is 2. The lowest BCUT2D eigenvalue weighted by atomic mass is 10.1. The number of nitrogens with two attached hydrogens (primary N) is 1. The van der Waals surface area contributed by atoms with Crippen molar-refractivity contribution < 1.29 is 9.90 Å². The van der Waals surface area contributed by atoms with Crippen molar-refractivity contribution in [1.29, 1.82) is 0 Å². The van der Waals surface area contributed by atoms with Gasteiger partial charge in [0, 0.05) is 25.5 Å². The smallest absolute Gasteiger partial charge is 0.285 e. The molecule has 2 aromatic rings. The molecular weight excluding hydrogens is 268 g/mol. The Morgan fingerprint density at radius 3 is 2.95 bits per heavy atom. The van der Waals surface area contributed by atoms with Crippen LogP contribution in [0.1, 0.15) is 29.5 Å². The molecule has 21 heavy (non-hydrogen) atoms. The number of benzene rings is 1. The molecule has 1 amide bonds. The van der Waals surface area contributed by atoms with E-state index in [0.717, 1.165) is 11.3 Å². The summed E-state index contributed by atoms with van der Waals surface area (Å²) in [4.78, 5) is 15.4. The molecule has 0 saturated heterocycles. The number of hydrogen-bond acceptors (Lipinski definition) is 4. The van der Waals surface area contributed by atoms with Crippen molar-refractivity contribution in [3.05, 3.63) is 48.0 Å². The Morgan fingerprint density at radius 2 is 2.24 bits per heavy atom. The summed E-state index contributed by atoms with van der Waals surface area (Å²) in [6, 6.07) is 7.69. The maximum atomic E-state index is 11.4. The molecule has 6 nitrogen and oxygen atoms in total. The van der Waals surface area contributed by atoms with E-state index in [2.05, 4.69) is 10.3 Å². The number of aliphatic hydroxyl groups excluding tert-OH is 1. The van der Waals surface area contributed by atoms with Gasteiger partial charge in [-0.05, 0) is 18.1 Å². The van der Waals surface area contributed by atoms with Crippen LogP contribution in [-0.4, -0.2) is 33.2 Å². The van der Waals surface area contributed by atoms with Crippen molar-refractivity contribution in [2.24, 2.45) is 5.73 Å². The summed E-state index contributed by atoms with van der Waals surface area (Å²) in [6.07, 6.45) is 3.61. The molecule has 4 N–H and O–H groups in total. The van der Waals surface area contributed by atoms with Crippen LogP contribution in [0.25, 0.3) is 5.69 Å². The highest BCUT2D eigenvalue weighted by molar-refractivity contribution is 5.89. The summed E-state index contributed by atoms with van der Waals surface area (Å²) in [6.45, 7) is 3.05. The lowest BCUT2D eigenvalue weighted by Gasteiger charge is -2.14. The van der Waals surface area contributed by atoms with Crippen LogP contribution in [0.15, 0.2) is 36.7 Å². The third kappa shape index (κ3) is 3.68. The number of nitrogens with zero attached hydrogens (tertiary/aromatic N) is 2. The second-order valence-electron chi connectivity index (χ2n) is 4.81. The molecule has 0 aliphatic carbocycles. The van der Waals surface area contributed by atoms with E-state index >= 15 is 0 Å². The highest BCUT2D eigenvalue weighted by Gasteiger charge is 2.13. The van der Waals surface area contributed by atoms with Crippen molar-refractivity contribution in [2.45, 2.75) is 26.0 Å². The first-order chi connectivity index (χ1) is 10.1. The van der Waals surface area contributed by atoms with Gasteiger partial charge >= 0.3 is 0 Å². The molecule has 0 saturated carbocycles. The van der Waals surface area contributed by atoms with Crippen molar-refractivity contribution in [2.75, 3.05) is 6.54 Å². The van der Waals surface area contributed by atoms with Gasteiger partial charge in [0.05, 0.1) is 11.8 Å². The first kappa shape index (κ1) is 15.2. The van der Waals surface area contributed by atoms with E-state index in [1.807, 2.05) is 31.2 Å². The number of amides is 1. The van der Waals surface area contributed by atoms with Gasteiger partial charge in [-0.2, -0.15) is 0 Å². The minimum atomic E-state index is -0.566. The van der Waals surface area contributed by atoms with Gasteiger partial charge in [0.25, 0.3) is 5.91 Å². The van der Waals surface area contributed by atoms with Gasteiger partial charge < -0.3 is 16.2 Å². The van der Waals surface area contributed by atoms with E-state index in [4.69, 9.17) is 5.73 Å². The standard InChI is InChI=1S/C15H20N4O2/c1-2-12(20)10-17-9-11-5-3-4-6-13(11)19-8-7-18-15(19)14(16)21/h3-8,12,17,20H,2,9-10H2,1H3,(H2,16,21). The fraction of sp³-hybridized carbons (Fsp3) is 0.333. The second-order valence-corrected chi connectivity index (χ2v) is 4.81. The quantitative estimate of drug-likeness (QED) is 0.703. The molecule has 2 rings (SSSR count). The maximum Gasteiger partial charge on any atom is 0.285 e. The van der Waals surface area contributed by atoms with E-state index in [-0.39, 0.29) is 11.9 Å². The Kier molecular flexibility index (Phi) is 5.08. The lowest BCUT2D eigenvalue weighted by molar-refractivity contribution is 0.0989. The third-order valence-corrected chi connectivity index (χ3v) is 3.28. The molecule has 0 radical (unpaired) electrons. The molecule has 1 unspecified atom stereocenters. The topological polar surface area (TPSA) is 93.2 Å². The molecule has 1 aromatic carbocycles. The molecule has 1 aromatic heterocycles.